The van der Waals surface area contributed by atoms with E-state index in [-0.39, 0.29) is 5.57 Å². The van der Waals surface area contributed by atoms with E-state index < -0.39 is 11.7 Å². The maximum atomic E-state index is 13.1. The molecule has 0 atom stereocenters. The molecule has 1 amide bonds. The number of thiophene rings is 1. The number of anilines is 1. The zero-order valence-electron chi connectivity index (χ0n) is 17.8. The van der Waals surface area contributed by atoms with Gasteiger partial charge in [0.05, 0.1) is 5.56 Å². The quantitative estimate of drug-likeness (QED) is 0.421. The van der Waals surface area contributed by atoms with Crippen molar-refractivity contribution < 1.29 is 9.18 Å². The van der Waals surface area contributed by atoms with E-state index in [9.17, 15) is 19.7 Å². The van der Waals surface area contributed by atoms with Gasteiger partial charge in [-0.05, 0) is 87.1 Å². The average molecular weight is 445 g/mol. The Hall–Kier alpha value is -3.68. The number of rotatable bonds is 4. The predicted octanol–water partition coefficient (Wildman–Crippen LogP) is 5.59. The first-order chi connectivity index (χ1) is 15.4. The molecule has 32 heavy (non-hydrogen) atoms. The second kappa shape index (κ2) is 8.82. The molecule has 0 saturated carbocycles. The number of amides is 1. The monoisotopic (exact) mass is 444 g/mol. The van der Waals surface area contributed by atoms with E-state index in [0.717, 1.165) is 53.2 Å². The SMILES string of the molecule is Cc1cc(C=C(C#N)C(=O)Nc2ccc(F)cc2)c(C)n1-c1sc2c(c1C#N)CCCC2. The lowest BCUT2D eigenvalue weighted by Crippen LogP contribution is -2.13. The molecule has 0 spiro atoms. The zero-order valence-corrected chi connectivity index (χ0v) is 18.6. The van der Waals surface area contributed by atoms with Gasteiger partial charge in [0.25, 0.3) is 5.91 Å². The number of nitriles is 2. The van der Waals surface area contributed by atoms with Crippen LogP contribution in [0, 0.1) is 42.3 Å². The zero-order chi connectivity index (χ0) is 22.8. The van der Waals surface area contributed by atoms with Crippen LogP contribution in [-0.2, 0) is 17.6 Å². The number of nitrogens with zero attached hydrogens (tertiary/aromatic N) is 3. The van der Waals surface area contributed by atoms with Gasteiger partial charge in [0.15, 0.2) is 0 Å². The van der Waals surface area contributed by atoms with Gasteiger partial charge in [-0.1, -0.05) is 0 Å². The minimum Gasteiger partial charge on any atom is -0.321 e. The number of aromatic nitrogens is 1. The Balaban J connectivity index is 1.70. The molecule has 3 aromatic rings. The van der Waals surface area contributed by atoms with Crippen LogP contribution in [-0.4, -0.2) is 10.5 Å². The summed E-state index contributed by atoms with van der Waals surface area (Å²) in [6.45, 7) is 3.88. The molecule has 5 nitrogen and oxygen atoms in total. The van der Waals surface area contributed by atoms with Crippen LogP contribution in [0.5, 0.6) is 0 Å². The van der Waals surface area contributed by atoms with Crippen LogP contribution in [0.3, 0.4) is 0 Å². The molecular weight excluding hydrogens is 423 g/mol. The summed E-state index contributed by atoms with van der Waals surface area (Å²) in [6, 6.07) is 11.6. The average Bonchev–Trinajstić information content (AvgIpc) is 3.28. The molecule has 1 aliphatic rings. The normalized spacial score (nSPS) is 13.2. The van der Waals surface area contributed by atoms with Crippen LogP contribution >= 0.6 is 11.3 Å². The Labute approximate surface area is 190 Å². The fourth-order valence-electron chi connectivity index (χ4n) is 4.11. The van der Waals surface area contributed by atoms with E-state index in [1.807, 2.05) is 30.6 Å². The van der Waals surface area contributed by atoms with Gasteiger partial charge < -0.3 is 9.88 Å². The summed E-state index contributed by atoms with van der Waals surface area (Å²) in [4.78, 5) is 13.9. The summed E-state index contributed by atoms with van der Waals surface area (Å²) < 4.78 is 15.1. The van der Waals surface area contributed by atoms with Crippen LogP contribution in [0.2, 0.25) is 0 Å². The molecule has 4 rings (SSSR count). The molecule has 160 valence electrons. The van der Waals surface area contributed by atoms with E-state index in [1.165, 1.54) is 34.7 Å². The summed E-state index contributed by atoms with van der Waals surface area (Å²) in [5.41, 5.74) is 4.78. The molecule has 0 saturated heterocycles. The Morgan fingerprint density at radius 1 is 1.19 bits per heavy atom. The number of carbonyl (C=O) groups excluding carboxylic acids is 1. The van der Waals surface area contributed by atoms with Crippen molar-refractivity contribution in [2.45, 2.75) is 39.5 Å². The van der Waals surface area contributed by atoms with Crippen molar-refractivity contribution in [3.63, 3.8) is 0 Å². The van der Waals surface area contributed by atoms with Crippen molar-refractivity contribution in [3.8, 4) is 17.1 Å². The third kappa shape index (κ3) is 3.95. The van der Waals surface area contributed by atoms with Crippen molar-refractivity contribution in [1.82, 2.24) is 4.57 Å². The first kappa shape index (κ1) is 21.5. The molecule has 0 radical (unpaired) electrons. The molecule has 0 unspecified atom stereocenters. The van der Waals surface area contributed by atoms with Gasteiger partial charge in [-0.3, -0.25) is 4.79 Å². The van der Waals surface area contributed by atoms with Gasteiger partial charge >= 0.3 is 0 Å². The summed E-state index contributed by atoms with van der Waals surface area (Å²) in [5, 5.41) is 22.9. The minimum absolute atomic E-state index is 0.0550. The summed E-state index contributed by atoms with van der Waals surface area (Å²) >= 11 is 1.66. The van der Waals surface area contributed by atoms with Crippen LogP contribution in [0.4, 0.5) is 10.1 Å². The number of hydrogen-bond donors (Lipinski definition) is 1. The Bertz CT molecular complexity index is 1320. The Kier molecular flexibility index (Phi) is 5.94. The molecule has 1 N–H and O–H groups in total. The second-order valence-electron chi connectivity index (χ2n) is 7.80. The van der Waals surface area contributed by atoms with Crippen molar-refractivity contribution >= 4 is 29.0 Å². The third-order valence-electron chi connectivity index (χ3n) is 5.70. The van der Waals surface area contributed by atoms with Crippen molar-refractivity contribution in [1.29, 1.82) is 10.5 Å². The van der Waals surface area contributed by atoms with Gasteiger partial charge in [0.1, 0.15) is 28.5 Å². The number of aryl methyl sites for hydroxylation is 2. The maximum Gasteiger partial charge on any atom is 0.266 e. The number of nitrogens with one attached hydrogen (secondary N) is 1. The molecule has 1 aromatic carbocycles. The van der Waals surface area contributed by atoms with Crippen molar-refractivity contribution in [3.05, 3.63) is 74.7 Å². The van der Waals surface area contributed by atoms with E-state index >= 15 is 0 Å². The van der Waals surface area contributed by atoms with Crippen molar-refractivity contribution in [2.75, 3.05) is 5.32 Å². The van der Waals surface area contributed by atoms with E-state index in [0.29, 0.717) is 5.69 Å². The molecule has 1 aliphatic carbocycles. The van der Waals surface area contributed by atoms with Gasteiger partial charge in [0.2, 0.25) is 0 Å². The number of carbonyl (C=O) groups is 1. The van der Waals surface area contributed by atoms with Gasteiger partial charge in [0, 0.05) is 22.0 Å². The van der Waals surface area contributed by atoms with Crippen LogP contribution in [0.15, 0.2) is 35.9 Å². The maximum absolute atomic E-state index is 13.1. The summed E-state index contributed by atoms with van der Waals surface area (Å²) in [7, 11) is 0. The van der Waals surface area contributed by atoms with Crippen molar-refractivity contribution in [2.24, 2.45) is 0 Å². The first-order valence-corrected chi connectivity index (χ1v) is 11.2. The molecule has 0 fully saturated rings. The van der Waals surface area contributed by atoms with Gasteiger partial charge in [-0.25, -0.2) is 4.39 Å². The Morgan fingerprint density at radius 3 is 2.59 bits per heavy atom. The minimum atomic E-state index is -0.562. The lowest BCUT2D eigenvalue weighted by Gasteiger charge is -2.10. The number of fused-ring (bicyclic) bond motifs is 1. The van der Waals surface area contributed by atoms with Gasteiger partial charge in [-0.15, -0.1) is 11.3 Å². The number of benzene rings is 1. The molecular formula is C25H21FN4OS. The predicted molar refractivity (Wildman–Crippen MR) is 123 cm³/mol. The first-order valence-electron chi connectivity index (χ1n) is 10.4. The highest BCUT2D eigenvalue weighted by atomic mass is 32.1. The highest BCUT2D eigenvalue weighted by Gasteiger charge is 2.24. The molecule has 2 aromatic heterocycles. The summed E-state index contributed by atoms with van der Waals surface area (Å²) in [6.07, 6.45) is 5.73. The summed E-state index contributed by atoms with van der Waals surface area (Å²) in [5.74, 6) is -0.966. The lowest BCUT2D eigenvalue weighted by atomic mass is 9.96. The highest BCUT2D eigenvalue weighted by molar-refractivity contribution is 7.15. The second-order valence-corrected chi connectivity index (χ2v) is 8.88. The largest absolute Gasteiger partial charge is 0.321 e. The third-order valence-corrected chi connectivity index (χ3v) is 6.98. The van der Waals surface area contributed by atoms with Gasteiger partial charge in [-0.2, -0.15) is 10.5 Å². The van der Waals surface area contributed by atoms with Crippen LogP contribution in [0.1, 0.15) is 45.8 Å². The van der Waals surface area contributed by atoms with Crippen LogP contribution in [0.25, 0.3) is 11.1 Å². The highest BCUT2D eigenvalue weighted by Crippen LogP contribution is 2.38. The molecule has 0 aliphatic heterocycles. The topological polar surface area (TPSA) is 81.6 Å². The smallest absolute Gasteiger partial charge is 0.266 e. The number of hydrogen-bond acceptors (Lipinski definition) is 4. The standard InChI is InChI=1S/C25H21FN4OS/c1-15-11-17(12-18(13-27)24(31)29-20-9-7-19(26)8-10-20)16(2)30(15)25-22(14-28)21-5-3-4-6-23(21)32-25/h7-12H,3-6H2,1-2H3,(H,29,31). The van der Waals surface area contributed by atoms with Crippen LogP contribution < -0.4 is 5.32 Å². The fourth-order valence-corrected chi connectivity index (χ4v) is 5.56. The molecule has 0 bridgehead atoms. The lowest BCUT2D eigenvalue weighted by molar-refractivity contribution is -0.112. The van der Waals surface area contributed by atoms with E-state index in [2.05, 4.69) is 11.4 Å². The number of halogens is 1. The fraction of sp³-hybridized carbons (Fsp3) is 0.240. The van der Waals surface area contributed by atoms with E-state index in [1.54, 1.807) is 17.4 Å². The van der Waals surface area contributed by atoms with E-state index in [4.69, 9.17) is 0 Å². The molecule has 2 heterocycles. The Morgan fingerprint density at radius 2 is 1.91 bits per heavy atom. The molecule has 7 heteroatoms.